The van der Waals surface area contributed by atoms with E-state index in [9.17, 15) is 9.59 Å². The van der Waals surface area contributed by atoms with Gasteiger partial charge in [0.25, 0.3) is 0 Å². The van der Waals surface area contributed by atoms with Crippen LogP contribution in [0.2, 0.25) is 0 Å². The van der Waals surface area contributed by atoms with Gasteiger partial charge in [-0.1, -0.05) is 18.2 Å². The number of aromatic nitrogens is 2. The predicted octanol–water partition coefficient (Wildman–Crippen LogP) is 2.89. The molecule has 1 aliphatic rings. The third-order valence-corrected chi connectivity index (χ3v) is 4.70. The number of aromatic amines is 1. The molecule has 1 atom stereocenters. The third kappa shape index (κ3) is 2.03. The van der Waals surface area contributed by atoms with Crippen molar-refractivity contribution in [3.63, 3.8) is 0 Å². The number of H-pyrrole nitrogens is 1. The lowest BCUT2D eigenvalue weighted by molar-refractivity contribution is -0.139. The number of nitrogens with zero attached hydrogens (tertiary/aromatic N) is 1. The molecular weight excluding hydrogens is 300 g/mol. The summed E-state index contributed by atoms with van der Waals surface area (Å²) in [4.78, 5) is 31.7. The Morgan fingerprint density at radius 3 is 3.05 bits per heavy atom. The molecule has 0 bridgehead atoms. The average molecular weight is 312 g/mol. The van der Waals surface area contributed by atoms with Crippen molar-refractivity contribution in [2.75, 3.05) is 6.61 Å². The fraction of sp³-hybridized carbons (Fsp3) is 0.188. The van der Waals surface area contributed by atoms with Gasteiger partial charge in [-0.25, -0.2) is 4.98 Å². The van der Waals surface area contributed by atoms with Crippen molar-refractivity contribution in [1.29, 1.82) is 0 Å². The van der Waals surface area contributed by atoms with Gasteiger partial charge in [-0.2, -0.15) is 0 Å². The number of esters is 1. The monoisotopic (exact) mass is 312 g/mol. The first kappa shape index (κ1) is 13.2. The predicted molar refractivity (Wildman–Crippen MR) is 82.2 cm³/mol. The van der Waals surface area contributed by atoms with Crippen LogP contribution in [0.5, 0.6) is 0 Å². The van der Waals surface area contributed by atoms with Gasteiger partial charge in [-0.05, 0) is 6.07 Å². The van der Waals surface area contributed by atoms with Crippen LogP contribution in [0.4, 0.5) is 0 Å². The van der Waals surface area contributed by atoms with E-state index >= 15 is 0 Å². The first-order chi connectivity index (χ1) is 10.7. The lowest BCUT2D eigenvalue weighted by atomic mass is 10.1. The summed E-state index contributed by atoms with van der Waals surface area (Å²) >= 11 is 1.27. The molecule has 1 fully saturated rings. The number of nitrogens with one attached hydrogen (secondary N) is 1. The minimum absolute atomic E-state index is 0.125. The molecule has 1 aromatic carbocycles. The molecule has 0 radical (unpaired) electrons. The molecule has 1 aliphatic heterocycles. The van der Waals surface area contributed by atoms with E-state index in [1.807, 2.05) is 24.3 Å². The fourth-order valence-corrected chi connectivity index (χ4v) is 3.51. The van der Waals surface area contributed by atoms with Gasteiger partial charge < -0.3 is 9.72 Å². The Kier molecular flexibility index (Phi) is 3.04. The highest BCUT2D eigenvalue weighted by molar-refractivity contribution is 7.12. The van der Waals surface area contributed by atoms with E-state index in [1.165, 1.54) is 11.3 Å². The quantitative estimate of drug-likeness (QED) is 0.596. The molecule has 0 amide bonds. The zero-order valence-electron chi connectivity index (χ0n) is 11.5. The van der Waals surface area contributed by atoms with E-state index in [0.717, 1.165) is 10.9 Å². The Balaban J connectivity index is 1.69. The zero-order valence-corrected chi connectivity index (χ0v) is 12.4. The number of cyclic esters (lactones) is 1. The maximum absolute atomic E-state index is 12.6. The minimum Gasteiger partial charge on any atom is -0.465 e. The molecule has 0 spiro atoms. The van der Waals surface area contributed by atoms with Crippen LogP contribution in [0.25, 0.3) is 10.9 Å². The van der Waals surface area contributed by atoms with Crippen molar-refractivity contribution in [2.45, 2.75) is 12.3 Å². The standard InChI is InChI=1S/C16H12N2O3S/c19-14(11-7-17-12-4-2-1-3-9(11)12)15-18-13(8-22-15)10-5-6-21-16(10)20/h1-4,7-8,10,17H,5-6H2. The lowest BCUT2D eigenvalue weighted by Gasteiger charge is -1.99. The highest BCUT2D eigenvalue weighted by Crippen LogP contribution is 2.29. The van der Waals surface area contributed by atoms with Crippen LogP contribution < -0.4 is 0 Å². The summed E-state index contributed by atoms with van der Waals surface area (Å²) < 4.78 is 4.96. The van der Waals surface area contributed by atoms with Crippen molar-refractivity contribution < 1.29 is 14.3 Å². The molecule has 3 aromatic rings. The van der Waals surface area contributed by atoms with E-state index < -0.39 is 0 Å². The lowest BCUT2D eigenvalue weighted by Crippen LogP contribution is -2.07. The molecular formula is C16H12N2O3S. The first-order valence-electron chi connectivity index (χ1n) is 6.97. The number of ether oxygens (including phenoxy) is 1. The summed E-state index contributed by atoms with van der Waals surface area (Å²) in [5.41, 5.74) is 2.16. The maximum Gasteiger partial charge on any atom is 0.315 e. The van der Waals surface area contributed by atoms with Gasteiger partial charge in [-0.15, -0.1) is 11.3 Å². The van der Waals surface area contributed by atoms with Gasteiger partial charge in [-0.3, -0.25) is 9.59 Å². The van der Waals surface area contributed by atoms with Gasteiger partial charge >= 0.3 is 5.97 Å². The molecule has 0 saturated carbocycles. The molecule has 5 nitrogen and oxygen atoms in total. The zero-order chi connectivity index (χ0) is 15.1. The largest absolute Gasteiger partial charge is 0.465 e. The van der Waals surface area contributed by atoms with Crippen molar-refractivity contribution in [3.8, 4) is 0 Å². The summed E-state index contributed by atoms with van der Waals surface area (Å²) in [6.45, 7) is 0.423. The van der Waals surface area contributed by atoms with Crippen LogP contribution in [0, 0.1) is 0 Å². The Morgan fingerprint density at radius 2 is 2.23 bits per heavy atom. The van der Waals surface area contributed by atoms with Crippen LogP contribution in [0.15, 0.2) is 35.8 Å². The Labute approximate surface area is 129 Å². The van der Waals surface area contributed by atoms with Crippen LogP contribution in [0.1, 0.15) is 33.4 Å². The van der Waals surface area contributed by atoms with E-state index in [4.69, 9.17) is 4.74 Å². The number of benzene rings is 1. The normalized spacial score (nSPS) is 17.8. The second-order valence-corrected chi connectivity index (χ2v) is 6.02. The molecule has 0 aliphatic carbocycles. The van der Waals surface area contributed by atoms with Gasteiger partial charge in [0, 0.05) is 28.9 Å². The van der Waals surface area contributed by atoms with E-state index in [2.05, 4.69) is 9.97 Å². The van der Waals surface area contributed by atoms with Crippen molar-refractivity contribution >= 4 is 34.0 Å². The molecule has 3 heterocycles. The number of carbonyl (C=O) groups is 2. The topological polar surface area (TPSA) is 72.0 Å². The number of rotatable bonds is 3. The summed E-state index contributed by atoms with van der Waals surface area (Å²) in [5, 5.41) is 3.06. The number of carbonyl (C=O) groups excluding carboxylic acids is 2. The van der Waals surface area contributed by atoms with Gasteiger partial charge in [0.2, 0.25) is 5.78 Å². The number of hydrogen-bond donors (Lipinski definition) is 1. The second-order valence-electron chi connectivity index (χ2n) is 5.16. The number of fused-ring (bicyclic) bond motifs is 1. The van der Waals surface area contributed by atoms with Crippen LogP contribution in [-0.4, -0.2) is 28.3 Å². The summed E-state index contributed by atoms with van der Waals surface area (Å²) in [6.07, 6.45) is 2.33. The second kappa shape index (κ2) is 5.06. The summed E-state index contributed by atoms with van der Waals surface area (Å²) in [5.74, 6) is -0.711. The third-order valence-electron chi connectivity index (χ3n) is 3.84. The summed E-state index contributed by atoms with van der Waals surface area (Å²) in [6, 6.07) is 7.64. The highest BCUT2D eigenvalue weighted by Gasteiger charge is 2.31. The Morgan fingerprint density at radius 1 is 1.36 bits per heavy atom. The number of para-hydroxylation sites is 1. The molecule has 4 rings (SSSR count). The van der Waals surface area contributed by atoms with Crippen LogP contribution >= 0.6 is 11.3 Å². The number of ketones is 1. The Bertz CT molecular complexity index is 880. The number of thiazole rings is 1. The van der Waals surface area contributed by atoms with Crippen molar-refractivity contribution in [3.05, 3.63) is 52.1 Å². The average Bonchev–Trinajstić information content (AvgIpc) is 3.25. The van der Waals surface area contributed by atoms with Gasteiger partial charge in [0.1, 0.15) is 5.92 Å². The van der Waals surface area contributed by atoms with Gasteiger partial charge in [0.15, 0.2) is 5.01 Å². The Hall–Kier alpha value is -2.47. The van der Waals surface area contributed by atoms with E-state index in [0.29, 0.717) is 29.3 Å². The molecule has 6 heteroatoms. The molecule has 22 heavy (non-hydrogen) atoms. The van der Waals surface area contributed by atoms with Crippen LogP contribution in [-0.2, 0) is 9.53 Å². The molecule has 1 N–H and O–H groups in total. The molecule has 1 saturated heterocycles. The van der Waals surface area contributed by atoms with Crippen molar-refractivity contribution in [2.24, 2.45) is 0 Å². The summed E-state index contributed by atoms with van der Waals surface area (Å²) in [7, 11) is 0. The van der Waals surface area contributed by atoms with Crippen LogP contribution in [0.3, 0.4) is 0 Å². The minimum atomic E-state index is -0.333. The molecule has 1 unspecified atom stereocenters. The number of hydrogen-bond acceptors (Lipinski definition) is 5. The van der Waals surface area contributed by atoms with Crippen molar-refractivity contribution in [1.82, 2.24) is 9.97 Å². The SMILES string of the molecule is O=C(c1nc(C2CCOC2=O)cs1)c1c[nH]c2ccccc12. The van der Waals surface area contributed by atoms with E-state index in [1.54, 1.807) is 11.6 Å². The maximum atomic E-state index is 12.6. The highest BCUT2D eigenvalue weighted by atomic mass is 32.1. The first-order valence-corrected chi connectivity index (χ1v) is 7.85. The fourth-order valence-electron chi connectivity index (χ4n) is 2.69. The van der Waals surface area contributed by atoms with E-state index in [-0.39, 0.29) is 17.7 Å². The molecule has 2 aromatic heterocycles. The van der Waals surface area contributed by atoms with Gasteiger partial charge in [0.05, 0.1) is 17.9 Å². The molecule has 110 valence electrons. The smallest absolute Gasteiger partial charge is 0.315 e.